The minimum absolute atomic E-state index is 0.194. The van der Waals surface area contributed by atoms with Crippen molar-refractivity contribution >= 4 is 35.3 Å². The van der Waals surface area contributed by atoms with Crippen LogP contribution in [0.5, 0.6) is 0 Å². The summed E-state index contributed by atoms with van der Waals surface area (Å²) < 4.78 is 0. The Bertz CT molecular complexity index is 855. The van der Waals surface area contributed by atoms with Crippen LogP contribution in [0.2, 0.25) is 0 Å². The van der Waals surface area contributed by atoms with Crippen molar-refractivity contribution in [1.29, 1.82) is 0 Å². The molecule has 1 unspecified atom stereocenters. The van der Waals surface area contributed by atoms with E-state index in [1.165, 1.54) is 21.6 Å². The maximum absolute atomic E-state index is 12.0. The average Bonchev–Trinajstić information content (AvgIpc) is 3.44. The molecule has 1 amide bonds. The standard InChI is InChI=1S/C22H27N3OS/c1-3-4-19-21-20(24-13-23-19)17(12-27-21)9-8-16-11-18(10-5-14(16)2)25-22(26)15-6-7-15/h8-9,11-13,15,19H,3-7,10H2,1-2H3,(H,23,24)(H,25,26)/b9-8+. The van der Waals surface area contributed by atoms with E-state index in [0.717, 1.165) is 49.9 Å². The number of fused-ring (bicyclic) bond motifs is 1. The monoisotopic (exact) mass is 381 g/mol. The number of hydrogen-bond donors (Lipinski definition) is 2. The van der Waals surface area contributed by atoms with Gasteiger partial charge in [-0.15, -0.1) is 11.3 Å². The topological polar surface area (TPSA) is 53.5 Å². The van der Waals surface area contributed by atoms with Crippen LogP contribution >= 0.6 is 11.3 Å². The van der Waals surface area contributed by atoms with Crippen molar-refractivity contribution in [3.8, 4) is 0 Å². The summed E-state index contributed by atoms with van der Waals surface area (Å²) >= 11 is 1.79. The predicted molar refractivity (Wildman–Crippen MR) is 113 cm³/mol. The van der Waals surface area contributed by atoms with Gasteiger partial charge in [-0.3, -0.25) is 4.79 Å². The number of nitrogens with one attached hydrogen (secondary N) is 2. The van der Waals surface area contributed by atoms with Crippen molar-refractivity contribution in [3.05, 3.63) is 44.8 Å². The molecule has 1 saturated carbocycles. The van der Waals surface area contributed by atoms with Gasteiger partial charge in [0.25, 0.3) is 0 Å². The van der Waals surface area contributed by atoms with Crippen LogP contribution in [-0.4, -0.2) is 12.2 Å². The van der Waals surface area contributed by atoms with Gasteiger partial charge in [0.1, 0.15) is 0 Å². The molecule has 0 aromatic carbocycles. The first kappa shape index (κ1) is 18.2. The average molecular weight is 382 g/mol. The molecule has 5 heteroatoms. The van der Waals surface area contributed by atoms with E-state index in [2.05, 4.69) is 53.1 Å². The lowest BCUT2D eigenvalue weighted by molar-refractivity contribution is -0.121. The number of allylic oxidation sites excluding steroid dienone is 5. The van der Waals surface area contributed by atoms with Crippen LogP contribution in [-0.2, 0) is 4.79 Å². The molecule has 0 spiro atoms. The molecule has 1 aromatic rings. The van der Waals surface area contributed by atoms with E-state index in [9.17, 15) is 4.79 Å². The molecule has 2 heterocycles. The number of aliphatic imine (C=N–C) groups is 1. The van der Waals surface area contributed by atoms with E-state index in [4.69, 9.17) is 0 Å². The van der Waals surface area contributed by atoms with E-state index in [0.29, 0.717) is 6.04 Å². The maximum Gasteiger partial charge on any atom is 0.227 e. The van der Waals surface area contributed by atoms with Crippen molar-refractivity contribution in [2.45, 2.75) is 58.4 Å². The Kier molecular flexibility index (Phi) is 5.30. The quantitative estimate of drug-likeness (QED) is 0.694. The van der Waals surface area contributed by atoms with E-state index >= 15 is 0 Å². The second kappa shape index (κ2) is 7.85. The third-order valence-electron chi connectivity index (χ3n) is 5.45. The number of amides is 1. The van der Waals surface area contributed by atoms with E-state index in [1.807, 2.05) is 6.34 Å². The molecule has 2 aliphatic carbocycles. The number of hydrogen-bond acceptors (Lipinski definition) is 4. The molecule has 1 fully saturated rings. The fourth-order valence-electron chi connectivity index (χ4n) is 3.58. The summed E-state index contributed by atoms with van der Waals surface area (Å²) in [5.74, 6) is 0.441. The molecular formula is C22H27N3OS. The Hall–Kier alpha value is -2.14. The fourth-order valence-corrected chi connectivity index (χ4v) is 4.66. The van der Waals surface area contributed by atoms with E-state index in [1.54, 1.807) is 11.3 Å². The Morgan fingerprint density at radius 3 is 3.00 bits per heavy atom. The van der Waals surface area contributed by atoms with Gasteiger partial charge < -0.3 is 10.6 Å². The molecule has 2 N–H and O–H groups in total. The zero-order valence-corrected chi connectivity index (χ0v) is 16.9. The van der Waals surface area contributed by atoms with Gasteiger partial charge >= 0.3 is 0 Å². The summed E-state index contributed by atoms with van der Waals surface area (Å²) in [4.78, 5) is 18.0. The molecule has 4 rings (SSSR count). The fraction of sp³-hybridized carbons (Fsp3) is 0.455. The Morgan fingerprint density at radius 2 is 2.22 bits per heavy atom. The van der Waals surface area contributed by atoms with Gasteiger partial charge in [-0.25, -0.2) is 4.99 Å². The highest BCUT2D eigenvalue weighted by molar-refractivity contribution is 7.10. The zero-order valence-electron chi connectivity index (χ0n) is 16.0. The summed E-state index contributed by atoms with van der Waals surface area (Å²) in [6, 6.07) is 0.384. The van der Waals surface area contributed by atoms with Crippen LogP contribution in [0.3, 0.4) is 0 Å². The molecule has 142 valence electrons. The van der Waals surface area contributed by atoms with Crippen molar-refractivity contribution in [3.63, 3.8) is 0 Å². The van der Waals surface area contributed by atoms with Crippen LogP contribution in [0.25, 0.3) is 6.08 Å². The van der Waals surface area contributed by atoms with Gasteiger partial charge in [0.05, 0.1) is 22.9 Å². The van der Waals surface area contributed by atoms with Gasteiger partial charge in [-0.2, -0.15) is 0 Å². The van der Waals surface area contributed by atoms with Crippen LogP contribution in [0.4, 0.5) is 5.69 Å². The number of rotatable bonds is 6. The lowest BCUT2D eigenvalue weighted by Gasteiger charge is -2.19. The summed E-state index contributed by atoms with van der Waals surface area (Å²) in [5.41, 5.74) is 5.91. The Morgan fingerprint density at radius 1 is 1.37 bits per heavy atom. The van der Waals surface area contributed by atoms with Crippen molar-refractivity contribution in [2.75, 3.05) is 0 Å². The molecule has 27 heavy (non-hydrogen) atoms. The van der Waals surface area contributed by atoms with E-state index in [-0.39, 0.29) is 11.8 Å². The van der Waals surface area contributed by atoms with Crippen molar-refractivity contribution < 1.29 is 4.79 Å². The van der Waals surface area contributed by atoms with Crippen LogP contribution in [0.1, 0.15) is 68.9 Å². The minimum atomic E-state index is 0.194. The summed E-state index contributed by atoms with van der Waals surface area (Å²) in [7, 11) is 0. The van der Waals surface area contributed by atoms with Crippen molar-refractivity contribution in [2.24, 2.45) is 10.9 Å². The molecule has 1 aliphatic heterocycles. The van der Waals surface area contributed by atoms with Crippen LogP contribution in [0.15, 0.2) is 39.4 Å². The second-order valence-corrected chi connectivity index (χ2v) is 8.58. The smallest absolute Gasteiger partial charge is 0.227 e. The highest BCUT2D eigenvalue weighted by Crippen LogP contribution is 2.40. The summed E-state index contributed by atoms with van der Waals surface area (Å²) in [6.07, 6.45) is 14.6. The largest absolute Gasteiger partial charge is 0.368 e. The normalized spacial score (nSPS) is 21.9. The molecule has 0 saturated heterocycles. The predicted octanol–water partition coefficient (Wildman–Crippen LogP) is 5.39. The van der Waals surface area contributed by atoms with Crippen LogP contribution in [0, 0.1) is 5.92 Å². The molecule has 3 aliphatic rings. The van der Waals surface area contributed by atoms with Gasteiger partial charge in [0, 0.05) is 22.6 Å². The first-order valence-electron chi connectivity index (χ1n) is 9.95. The zero-order chi connectivity index (χ0) is 18.8. The molecular weight excluding hydrogens is 354 g/mol. The van der Waals surface area contributed by atoms with E-state index < -0.39 is 0 Å². The number of nitrogens with zero attached hydrogens (tertiary/aromatic N) is 1. The lowest BCUT2D eigenvalue weighted by atomic mass is 9.95. The summed E-state index contributed by atoms with van der Waals surface area (Å²) in [6.45, 7) is 4.39. The maximum atomic E-state index is 12.0. The first-order valence-corrected chi connectivity index (χ1v) is 10.8. The molecule has 1 atom stereocenters. The van der Waals surface area contributed by atoms with Gasteiger partial charge in [0.2, 0.25) is 5.91 Å². The minimum Gasteiger partial charge on any atom is -0.368 e. The number of carbonyl (C=O) groups excluding carboxylic acids is 1. The van der Waals surface area contributed by atoms with Gasteiger partial charge in [0.15, 0.2) is 0 Å². The SMILES string of the molecule is CCCC1NC=Nc2c(/C=C/C3=C(C)CCC(NC(=O)C4CC4)=C3)csc21. The van der Waals surface area contributed by atoms with Crippen LogP contribution < -0.4 is 10.6 Å². The second-order valence-electron chi connectivity index (χ2n) is 7.67. The van der Waals surface area contributed by atoms with Gasteiger partial charge in [-0.1, -0.05) is 31.1 Å². The first-order chi connectivity index (χ1) is 13.2. The molecule has 0 bridgehead atoms. The Balaban J connectivity index is 1.51. The number of thiophene rings is 1. The third-order valence-corrected chi connectivity index (χ3v) is 6.55. The Labute approximate surface area is 165 Å². The number of carbonyl (C=O) groups is 1. The van der Waals surface area contributed by atoms with Crippen molar-refractivity contribution in [1.82, 2.24) is 10.6 Å². The third kappa shape index (κ3) is 4.08. The summed E-state index contributed by atoms with van der Waals surface area (Å²) in [5, 5.41) is 8.70. The molecule has 4 nitrogen and oxygen atoms in total. The molecule has 0 radical (unpaired) electrons. The van der Waals surface area contributed by atoms with Gasteiger partial charge in [-0.05, 0) is 50.7 Å². The molecule has 1 aromatic heterocycles. The highest BCUT2D eigenvalue weighted by Gasteiger charge is 2.30. The highest BCUT2D eigenvalue weighted by atomic mass is 32.1. The lowest BCUT2D eigenvalue weighted by Crippen LogP contribution is -2.25.